The van der Waals surface area contributed by atoms with Crippen LogP contribution in [0.1, 0.15) is 245 Å². The third-order valence-electron chi connectivity index (χ3n) is 11.9. The fourth-order valence-corrected chi connectivity index (χ4v) is 8.31. The highest BCUT2D eigenvalue weighted by Gasteiger charge is 2.21. The maximum absolute atomic E-state index is 12.7. The molecule has 0 saturated heterocycles. The summed E-state index contributed by atoms with van der Waals surface area (Å²) in [6.07, 6.45) is 58.7. The van der Waals surface area contributed by atoms with Crippen molar-refractivity contribution >= 4 is 19.8 Å². The predicted octanol–water partition coefficient (Wildman–Crippen LogP) is 16.0. The fraction of sp³-hybridized carbons (Fsp3) is 0.821. The lowest BCUT2D eigenvalue weighted by atomic mass is 10.0. The van der Waals surface area contributed by atoms with Gasteiger partial charge in [0.15, 0.2) is 6.10 Å². The Balaban J connectivity index is 4.23. The van der Waals surface area contributed by atoms with Gasteiger partial charge >= 0.3 is 11.9 Å². The van der Waals surface area contributed by atoms with Crippen LogP contribution in [0.2, 0.25) is 0 Å². The molecule has 0 saturated carbocycles. The fourth-order valence-electron chi connectivity index (χ4n) is 7.58. The lowest BCUT2D eigenvalue weighted by molar-refractivity contribution is -0.870. The van der Waals surface area contributed by atoms with E-state index in [1.165, 1.54) is 154 Å². The number of allylic oxidation sites excluding steroid dienone is 8. The van der Waals surface area contributed by atoms with Crippen molar-refractivity contribution in [3.63, 3.8) is 0 Å². The van der Waals surface area contributed by atoms with E-state index in [0.29, 0.717) is 17.4 Å². The number of likely N-dealkylation sites (N-methyl/N-ethyl adjacent to an activating group) is 1. The molecular formula is C56H104NO8P. The number of phosphoric acid groups is 1. The number of esters is 2. The van der Waals surface area contributed by atoms with E-state index in [0.717, 1.165) is 57.8 Å². The van der Waals surface area contributed by atoms with E-state index in [2.05, 4.69) is 62.5 Å². The molecule has 2 atom stereocenters. The SMILES string of the molecule is CCCCC/C=C/C/C=C/C/C=C/C/C=C/CCCCCC(=O)O[C@H](COC(=O)CCCCCCCCCCCCCCCCCCCCCCCCC)COP(=O)([O-])OCC[N+](C)(C)C. The Morgan fingerprint density at radius 1 is 0.470 bits per heavy atom. The van der Waals surface area contributed by atoms with Crippen LogP contribution in [0, 0.1) is 0 Å². The minimum absolute atomic E-state index is 0.0374. The summed E-state index contributed by atoms with van der Waals surface area (Å²) in [5.41, 5.74) is 0. The number of unbranched alkanes of at least 4 members (excludes halogenated alkanes) is 28. The highest BCUT2D eigenvalue weighted by Crippen LogP contribution is 2.38. The van der Waals surface area contributed by atoms with Gasteiger partial charge in [-0.3, -0.25) is 14.2 Å². The van der Waals surface area contributed by atoms with Gasteiger partial charge in [-0.15, -0.1) is 0 Å². The highest BCUT2D eigenvalue weighted by molar-refractivity contribution is 7.45. The van der Waals surface area contributed by atoms with Gasteiger partial charge in [0.05, 0.1) is 27.7 Å². The summed E-state index contributed by atoms with van der Waals surface area (Å²) in [5, 5.41) is 0. The van der Waals surface area contributed by atoms with E-state index < -0.39 is 26.5 Å². The summed E-state index contributed by atoms with van der Waals surface area (Å²) < 4.78 is 34.1. The third-order valence-corrected chi connectivity index (χ3v) is 12.8. The summed E-state index contributed by atoms with van der Waals surface area (Å²) in [7, 11) is 1.15. The molecule has 0 aromatic rings. The van der Waals surface area contributed by atoms with Crippen molar-refractivity contribution < 1.29 is 42.1 Å². The highest BCUT2D eigenvalue weighted by atomic mass is 31.2. The van der Waals surface area contributed by atoms with E-state index in [1.807, 2.05) is 21.1 Å². The van der Waals surface area contributed by atoms with Gasteiger partial charge in [-0.1, -0.05) is 223 Å². The number of quaternary nitrogens is 1. The van der Waals surface area contributed by atoms with Gasteiger partial charge in [0.2, 0.25) is 0 Å². The van der Waals surface area contributed by atoms with Crippen LogP contribution in [-0.4, -0.2) is 70.0 Å². The Morgan fingerprint density at radius 3 is 1.24 bits per heavy atom. The van der Waals surface area contributed by atoms with Gasteiger partial charge in [-0.2, -0.15) is 0 Å². The smallest absolute Gasteiger partial charge is 0.306 e. The molecule has 0 radical (unpaired) electrons. The maximum atomic E-state index is 12.7. The molecule has 0 aromatic carbocycles. The zero-order valence-corrected chi connectivity index (χ0v) is 44.5. The molecule has 0 aromatic heterocycles. The minimum Gasteiger partial charge on any atom is -0.756 e. The molecule has 0 bridgehead atoms. The average molecular weight is 950 g/mol. The second-order valence-corrected chi connectivity index (χ2v) is 21.0. The molecule has 0 aliphatic carbocycles. The van der Waals surface area contributed by atoms with Gasteiger partial charge in [-0.05, 0) is 57.8 Å². The van der Waals surface area contributed by atoms with E-state index in [1.54, 1.807) is 0 Å². The van der Waals surface area contributed by atoms with Crippen LogP contribution in [0.15, 0.2) is 48.6 Å². The molecule has 386 valence electrons. The second-order valence-electron chi connectivity index (χ2n) is 19.6. The van der Waals surface area contributed by atoms with E-state index >= 15 is 0 Å². The molecule has 0 rings (SSSR count). The van der Waals surface area contributed by atoms with Crippen LogP contribution >= 0.6 is 7.82 Å². The molecule has 0 spiro atoms. The number of hydrogen-bond donors (Lipinski definition) is 0. The first-order chi connectivity index (χ1) is 32.0. The van der Waals surface area contributed by atoms with Crippen molar-refractivity contribution in [3.8, 4) is 0 Å². The Hall–Kier alpha value is -2.03. The molecule has 66 heavy (non-hydrogen) atoms. The molecule has 0 aliphatic rings. The Morgan fingerprint density at radius 2 is 0.818 bits per heavy atom. The number of phosphoric ester groups is 1. The first-order valence-electron chi connectivity index (χ1n) is 27.3. The Labute approximate surface area is 407 Å². The quantitative estimate of drug-likeness (QED) is 0.0195. The van der Waals surface area contributed by atoms with Gasteiger partial charge in [-0.25, -0.2) is 0 Å². The van der Waals surface area contributed by atoms with Crippen molar-refractivity contribution in [2.75, 3.05) is 47.5 Å². The molecule has 0 N–H and O–H groups in total. The van der Waals surface area contributed by atoms with Crippen molar-refractivity contribution in [2.24, 2.45) is 0 Å². The van der Waals surface area contributed by atoms with Crippen LogP contribution in [-0.2, 0) is 32.7 Å². The summed E-state index contributed by atoms with van der Waals surface area (Å²) in [6, 6.07) is 0. The second kappa shape index (κ2) is 48.0. The van der Waals surface area contributed by atoms with Crippen molar-refractivity contribution in [3.05, 3.63) is 48.6 Å². The van der Waals surface area contributed by atoms with E-state index in [-0.39, 0.29) is 32.0 Å². The van der Waals surface area contributed by atoms with Gasteiger partial charge < -0.3 is 27.9 Å². The molecule has 1 unspecified atom stereocenters. The van der Waals surface area contributed by atoms with Crippen LogP contribution in [0.4, 0.5) is 0 Å². The first-order valence-corrected chi connectivity index (χ1v) is 28.8. The van der Waals surface area contributed by atoms with Crippen LogP contribution in [0.3, 0.4) is 0 Å². The number of hydrogen-bond acceptors (Lipinski definition) is 8. The molecule has 0 aliphatic heterocycles. The summed E-state index contributed by atoms with van der Waals surface area (Å²) in [4.78, 5) is 37.8. The zero-order chi connectivity index (χ0) is 48.5. The number of nitrogens with zero attached hydrogens (tertiary/aromatic N) is 1. The Bertz CT molecular complexity index is 1260. The molecule has 9 nitrogen and oxygen atoms in total. The number of carbonyl (C=O) groups excluding carboxylic acids is 2. The third kappa shape index (κ3) is 51.4. The molecular weight excluding hydrogens is 846 g/mol. The molecule has 0 heterocycles. The first kappa shape index (κ1) is 64.0. The maximum Gasteiger partial charge on any atom is 0.306 e. The van der Waals surface area contributed by atoms with Crippen LogP contribution in [0.5, 0.6) is 0 Å². The minimum atomic E-state index is -4.64. The lowest BCUT2D eigenvalue weighted by Gasteiger charge is -2.28. The predicted molar refractivity (Wildman–Crippen MR) is 277 cm³/mol. The molecule has 0 fully saturated rings. The monoisotopic (exact) mass is 950 g/mol. The van der Waals surface area contributed by atoms with Gasteiger partial charge in [0.25, 0.3) is 7.82 Å². The Kier molecular flexibility index (Phi) is 46.5. The molecule has 10 heteroatoms. The summed E-state index contributed by atoms with van der Waals surface area (Å²) >= 11 is 0. The number of ether oxygens (including phenoxy) is 2. The van der Waals surface area contributed by atoms with Crippen molar-refractivity contribution in [1.29, 1.82) is 0 Å². The van der Waals surface area contributed by atoms with Crippen molar-refractivity contribution in [2.45, 2.75) is 251 Å². The normalized spacial score (nSPS) is 13.7. The zero-order valence-electron chi connectivity index (χ0n) is 43.6. The largest absolute Gasteiger partial charge is 0.756 e. The lowest BCUT2D eigenvalue weighted by Crippen LogP contribution is -2.37. The number of carbonyl (C=O) groups is 2. The molecule has 0 amide bonds. The van der Waals surface area contributed by atoms with Crippen molar-refractivity contribution in [1.82, 2.24) is 0 Å². The topological polar surface area (TPSA) is 111 Å². The van der Waals surface area contributed by atoms with Crippen LogP contribution in [0.25, 0.3) is 0 Å². The van der Waals surface area contributed by atoms with Gasteiger partial charge in [0.1, 0.15) is 19.8 Å². The standard InChI is InChI=1S/C56H104NO8P/c1-6-8-10-12-14-16-18-20-22-24-26-27-28-29-31-32-34-36-38-40-42-44-46-48-55(58)62-52-54(53-64-66(60,61)63-51-50-57(3,4)5)65-56(59)49-47-45-43-41-39-37-35-33-30-25-23-21-19-17-15-13-11-9-7-2/h15,17,21,23,30,33,37,39,54H,6-14,16,18-20,22,24-29,31-32,34-36,38,40-53H2,1-5H3/b17-15+,23-21+,33-30+,39-37+/t54-/m1/s1. The van der Waals surface area contributed by atoms with E-state index in [4.69, 9.17) is 18.5 Å². The number of rotatable bonds is 50. The van der Waals surface area contributed by atoms with Crippen LogP contribution < -0.4 is 4.89 Å². The average Bonchev–Trinajstić information content (AvgIpc) is 3.27. The van der Waals surface area contributed by atoms with Gasteiger partial charge in [0, 0.05) is 12.8 Å². The summed E-state index contributed by atoms with van der Waals surface area (Å²) in [6.45, 7) is 4.20. The van der Waals surface area contributed by atoms with E-state index in [9.17, 15) is 19.0 Å². The summed E-state index contributed by atoms with van der Waals surface area (Å²) in [5.74, 6) is -0.861.